The minimum absolute atomic E-state index is 0.0388. The molecule has 1 aromatic heterocycles. The third-order valence-electron chi connectivity index (χ3n) is 6.07. The predicted octanol–water partition coefficient (Wildman–Crippen LogP) is 3.09. The SMILES string of the molecule is COc1ccc(C(=O)N2CCCC(C(=O)N(C)Cc3nccn3C)C2)c2ccccc12. The van der Waals surface area contributed by atoms with Crippen molar-refractivity contribution >= 4 is 22.6 Å². The van der Waals surface area contributed by atoms with Crippen LogP contribution in [0.25, 0.3) is 10.8 Å². The lowest BCUT2D eigenvalue weighted by Crippen LogP contribution is -2.46. The third-order valence-corrected chi connectivity index (χ3v) is 6.07. The summed E-state index contributed by atoms with van der Waals surface area (Å²) in [7, 11) is 5.35. The van der Waals surface area contributed by atoms with Crippen LogP contribution in [0, 0.1) is 5.92 Å². The van der Waals surface area contributed by atoms with Crippen molar-refractivity contribution in [3.63, 3.8) is 0 Å². The molecule has 162 valence electrons. The molecule has 1 aliphatic heterocycles. The highest BCUT2D eigenvalue weighted by atomic mass is 16.5. The van der Waals surface area contributed by atoms with Gasteiger partial charge >= 0.3 is 0 Å². The fraction of sp³-hybridized carbons (Fsp3) is 0.375. The van der Waals surface area contributed by atoms with Crippen LogP contribution in [0.3, 0.4) is 0 Å². The largest absolute Gasteiger partial charge is 0.496 e. The van der Waals surface area contributed by atoms with Crippen molar-refractivity contribution in [1.82, 2.24) is 19.4 Å². The highest BCUT2D eigenvalue weighted by Gasteiger charge is 2.31. The number of aryl methyl sites for hydroxylation is 1. The molecule has 2 aromatic carbocycles. The van der Waals surface area contributed by atoms with Gasteiger partial charge in [0.05, 0.1) is 19.6 Å². The molecule has 31 heavy (non-hydrogen) atoms. The number of piperidine rings is 1. The van der Waals surface area contributed by atoms with Gasteiger partial charge in [0.1, 0.15) is 11.6 Å². The summed E-state index contributed by atoms with van der Waals surface area (Å²) in [4.78, 5) is 34.3. The molecule has 7 heteroatoms. The number of likely N-dealkylation sites (tertiary alicyclic amines) is 1. The monoisotopic (exact) mass is 420 g/mol. The number of methoxy groups -OCH3 is 1. The van der Waals surface area contributed by atoms with Gasteiger partial charge in [-0.3, -0.25) is 9.59 Å². The number of benzene rings is 2. The van der Waals surface area contributed by atoms with E-state index in [1.807, 2.05) is 59.1 Å². The molecule has 0 saturated carbocycles. The zero-order valence-corrected chi connectivity index (χ0v) is 18.2. The van der Waals surface area contributed by atoms with E-state index >= 15 is 0 Å². The van der Waals surface area contributed by atoms with Crippen LogP contribution < -0.4 is 4.74 Å². The smallest absolute Gasteiger partial charge is 0.254 e. The van der Waals surface area contributed by atoms with Crippen molar-refractivity contribution in [2.75, 3.05) is 27.2 Å². The van der Waals surface area contributed by atoms with Gasteiger partial charge in [0.15, 0.2) is 0 Å². The minimum Gasteiger partial charge on any atom is -0.496 e. The van der Waals surface area contributed by atoms with Crippen molar-refractivity contribution in [2.45, 2.75) is 19.4 Å². The van der Waals surface area contributed by atoms with E-state index in [1.54, 1.807) is 25.3 Å². The van der Waals surface area contributed by atoms with Crippen LogP contribution in [0.4, 0.5) is 0 Å². The molecule has 2 amide bonds. The Labute approximate surface area is 182 Å². The molecule has 1 unspecified atom stereocenters. The summed E-state index contributed by atoms with van der Waals surface area (Å²) in [5.74, 6) is 1.40. The third kappa shape index (κ3) is 4.13. The molecule has 0 aliphatic carbocycles. The number of imidazole rings is 1. The Balaban J connectivity index is 1.51. The molecular weight excluding hydrogens is 392 g/mol. The van der Waals surface area contributed by atoms with E-state index in [0.717, 1.165) is 35.2 Å². The fourth-order valence-corrected chi connectivity index (χ4v) is 4.32. The zero-order chi connectivity index (χ0) is 22.0. The number of hydrogen-bond donors (Lipinski definition) is 0. The Hall–Kier alpha value is -3.35. The molecule has 7 nitrogen and oxygen atoms in total. The van der Waals surface area contributed by atoms with Gasteiger partial charge in [-0.25, -0.2) is 4.98 Å². The van der Waals surface area contributed by atoms with Crippen LogP contribution in [0.1, 0.15) is 29.0 Å². The van der Waals surface area contributed by atoms with Gasteiger partial charge in [0.2, 0.25) is 5.91 Å². The first-order chi connectivity index (χ1) is 15.0. The van der Waals surface area contributed by atoms with Crippen LogP contribution in [-0.2, 0) is 18.4 Å². The average molecular weight is 421 g/mol. The van der Waals surface area contributed by atoms with Crippen molar-refractivity contribution in [2.24, 2.45) is 13.0 Å². The number of hydrogen-bond acceptors (Lipinski definition) is 4. The average Bonchev–Trinajstić information content (AvgIpc) is 3.21. The van der Waals surface area contributed by atoms with E-state index in [4.69, 9.17) is 4.74 Å². The summed E-state index contributed by atoms with van der Waals surface area (Å²) in [6, 6.07) is 11.4. The number of nitrogens with zero attached hydrogens (tertiary/aromatic N) is 4. The second-order valence-corrected chi connectivity index (χ2v) is 8.10. The van der Waals surface area contributed by atoms with Crippen LogP contribution >= 0.6 is 0 Å². The molecule has 1 saturated heterocycles. The lowest BCUT2D eigenvalue weighted by molar-refractivity contribution is -0.136. The Morgan fingerprint density at radius 2 is 1.97 bits per heavy atom. The number of amides is 2. The molecule has 4 rings (SSSR count). The summed E-state index contributed by atoms with van der Waals surface area (Å²) in [5.41, 5.74) is 0.644. The fourth-order valence-electron chi connectivity index (χ4n) is 4.32. The van der Waals surface area contributed by atoms with Gasteiger partial charge in [0, 0.05) is 50.5 Å². The topological polar surface area (TPSA) is 67.7 Å². The molecule has 1 fully saturated rings. The Kier molecular flexibility index (Phi) is 5.93. The minimum atomic E-state index is -0.201. The number of rotatable bonds is 5. The quantitative estimate of drug-likeness (QED) is 0.636. The van der Waals surface area contributed by atoms with Crippen LogP contribution in [-0.4, -0.2) is 58.4 Å². The normalized spacial score (nSPS) is 16.4. The lowest BCUT2D eigenvalue weighted by atomic mass is 9.95. The van der Waals surface area contributed by atoms with Crippen LogP contribution in [0.5, 0.6) is 5.75 Å². The van der Waals surface area contributed by atoms with Gasteiger partial charge < -0.3 is 19.1 Å². The molecule has 0 bridgehead atoms. The Morgan fingerprint density at radius 3 is 2.68 bits per heavy atom. The van der Waals surface area contributed by atoms with Crippen molar-refractivity contribution in [3.05, 3.63) is 60.2 Å². The first-order valence-corrected chi connectivity index (χ1v) is 10.6. The Bertz CT molecular complexity index is 1110. The number of aromatic nitrogens is 2. The molecule has 0 N–H and O–H groups in total. The second-order valence-electron chi connectivity index (χ2n) is 8.10. The van der Waals surface area contributed by atoms with E-state index in [1.165, 1.54) is 0 Å². The second kappa shape index (κ2) is 8.79. The molecule has 1 aliphatic rings. The standard InChI is InChI=1S/C24H28N4O3/c1-26-14-12-25-22(26)16-27(2)23(29)17-7-6-13-28(15-17)24(30)20-10-11-21(31-3)19-9-5-4-8-18(19)20/h4-5,8-12,14,17H,6-7,13,15-16H2,1-3H3. The van der Waals surface area contributed by atoms with Crippen molar-refractivity contribution in [3.8, 4) is 5.75 Å². The van der Waals surface area contributed by atoms with Gasteiger partial charge in [-0.2, -0.15) is 0 Å². The van der Waals surface area contributed by atoms with Crippen LogP contribution in [0.15, 0.2) is 48.8 Å². The Morgan fingerprint density at radius 1 is 1.19 bits per heavy atom. The van der Waals surface area contributed by atoms with E-state index in [9.17, 15) is 9.59 Å². The molecule has 1 atom stereocenters. The molecule has 2 heterocycles. The maximum atomic E-state index is 13.4. The van der Waals surface area contributed by atoms with Crippen molar-refractivity contribution in [1.29, 1.82) is 0 Å². The summed E-state index contributed by atoms with van der Waals surface area (Å²) in [6.45, 7) is 1.55. The van der Waals surface area contributed by atoms with Gasteiger partial charge in [-0.05, 0) is 30.4 Å². The van der Waals surface area contributed by atoms with Crippen molar-refractivity contribution < 1.29 is 14.3 Å². The number of fused-ring (bicyclic) bond motifs is 1. The maximum absolute atomic E-state index is 13.4. The molecule has 3 aromatic rings. The zero-order valence-electron chi connectivity index (χ0n) is 18.2. The summed E-state index contributed by atoms with van der Waals surface area (Å²) < 4.78 is 7.36. The molecule has 0 radical (unpaired) electrons. The van der Waals surface area contributed by atoms with E-state index in [-0.39, 0.29) is 17.7 Å². The van der Waals surface area contributed by atoms with E-state index < -0.39 is 0 Å². The highest BCUT2D eigenvalue weighted by Crippen LogP contribution is 2.30. The summed E-state index contributed by atoms with van der Waals surface area (Å²) in [5, 5.41) is 1.78. The molecular formula is C24H28N4O3. The maximum Gasteiger partial charge on any atom is 0.254 e. The first kappa shape index (κ1) is 20.9. The van der Waals surface area contributed by atoms with Gasteiger partial charge in [-0.1, -0.05) is 24.3 Å². The lowest BCUT2D eigenvalue weighted by Gasteiger charge is -2.34. The number of ether oxygens (including phenoxy) is 1. The van der Waals surface area contributed by atoms with Gasteiger partial charge in [0.25, 0.3) is 5.91 Å². The summed E-state index contributed by atoms with van der Waals surface area (Å²) in [6.07, 6.45) is 5.20. The molecule has 0 spiro atoms. The highest BCUT2D eigenvalue weighted by molar-refractivity contribution is 6.08. The van der Waals surface area contributed by atoms with Gasteiger partial charge in [-0.15, -0.1) is 0 Å². The number of carbonyl (C=O) groups excluding carboxylic acids is 2. The van der Waals surface area contributed by atoms with Crippen LogP contribution in [0.2, 0.25) is 0 Å². The number of carbonyl (C=O) groups is 2. The first-order valence-electron chi connectivity index (χ1n) is 10.6. The van der Waals surface area contributed by atoms with E-state index in [2.05, 4.69) is 4.98 Å². The summed E-state index contributed by atoms with van der Waals surface area (Å²) >= 11 is 0. The predicted molar refractivity (Wildman–Crippen MR) is 119 cm³/mol. The van der Waals surface area contributed by atoms with E-state index in [0.29, 0.717) is 25.2 Å².